The van der Waals surface area contributed by atoms with Gasteiger partial charge < -0.3 is 5.32 Å². The van der Waals surface area contributed by atoms with E-state index in [0.29, 0.717) is 0 Å². The normalized spacial score (nSPS) is 11.4. The number of H-pyrrole nitrogens is 1. The van der Waals surface area contributed by atoms with Crippen LogP contribution in [-0.4, -0.2) is 14.7 Å². The van der Waals surface area contributed by atoms with E-state index >= 15 is 0 Å². The first-order valence-corrected chi connectivity index (χ1v) is 7.73. The highest BCUT2D eigenvalue weighted by Crippen LogP contribution is 2.37. The fraction of sp³-hybridized carbons (Fsp3) is 0.0625. The molecule has 2 aromatic carbocycles. The Hall–Kier alpha value is -3.27. The lowest BCUT2D eigenvalue weighted by Gasteiger charge is -2.14. The fourth-order valence-electron chi connectivity index (χ4n) is 2.38. The second-order valence-electron chi connectivity index (χ2n) is 5.43. The summed E-state index contributed by atoms with van der Waals surface area (Å²) in [6.07, 6.45) is -4.64. The van der Waals surface area contributed by atoms with Crippen molar-refractivity contribution in [3.63, 3.8) is 0 Å². The van der Waals surface area contributed by atoms with Gasteiger partial charge in [0.05, 0.1) is 21.9 Å². The zero-order valence-electron chi connectivity index (χ0n) is 13.2. The van der Waals surface area contributed by atoms with Gasteiger partial charge in [-0.2, -0.15) is 13.2 Å². The van der Waals surface area contributed by atoms with Crippen molar-refractivity contribution in [2.24, 2.45) is 0 Å². The van der Waals surface area contributed by atoms with Crippen LogP contribution in [0.15, 0.2) is 53.3 Å². The van der Waals surface area contributed by atoms with Gasteiger partial charge in [-0.25, -0.2) is 4.68 Å². The summed E-state index contributed by atoms with van der Waals surface area (Å²) in [5.74, 6) is 0.00572. The number of anilines is 2. The van der Waals surface area contributed by atoms with Crippen LogP contribution in [0.1, 0.15) is 5.56 Å². The van der Waals surface area contributed by atoms with Crippen LogP contribution in [0.2, 0.25) is 5.02 Å². The van der Waals surface area contributed by atoms with Gasteiger partial charge in [-0.15, -0.1) is 0 Å². The van der Waals surface area contributed by atoms with Crippen molar-refractivity contribution >= 4 is 28.8 Å². The van der Waals surface area contributed by atoms with E-state index < -0.39 is 22.2 Å². The molecule has 2 N–H and O–H groups in total. The van der Waals surface area contributed by atoms with E-state index in [1.165, 1.54) is 30.3 Å². The summed E-state index contributed by atoms with van der Waals surface area (Å²) in [5, 5.41) is 15.7. The summed E-state index contributed by atoms with van der Waals surface area (Å²) in [6.45, 7) is 0. The molecule has 0 unspecified atom stereocenters. The average Bonchev–Trinajstić information content (AvgIpc) is 2.96. The second kappa shape index (κ2) is 6.80. The third kappa shape index (κ3) is 3.95. The van der Waals surface area contributed by atoms with Crippen LogP contribution in [-0.2, 0) is 6.18 Å². The molecule has 0 aliphatic heterocycles. The topological polar surface area (TPSA) is 93.0 Å². The maximum Gasteiger partial charge on any atom is 0.418 e. The lowest BCUT2D eigenvalue weighted by atomic mass is 10.1. The van der Waals surface area contributed by atoms with E-state index in [0.717, 1.165) is 22.9 Å². The molecule has 0 atom stereocenters. The minimum Gasteiger partial charge on any atom is -0.340 e. The van der Waals surface area contributed by atoms with Crippen molar-refractivity contribution in [2.45, 2.75) is 6.18 Å². The molecular weight excluding hydrogens is 389 g/mol. The Morgan fingerprint density at radius 3 is 2.37 bits per heavy atom. The van der Waals surface area contributed by atoms with Gasteiger partial charge in [0, 0.05) is 23.2 Å². The monoisotopic (exact) mass is 398 g/mol. The van der Waals surface area contributed by atoms with Crippen LogP contribution in [0.4, 0.5) is 30.4 Å². The highest BCUT2D eigenvalue weighted by Gasteiger charge is 2.34. The molecule has 140 valence electrons. The van der Waals surface area contributed by atoms with Crippen molar-refractivity contribution in [2.75, 3.05) is 5.32 Å². The number of aromatic amines is 1. The maximum absolute atomic E-state index is 13.2. The van der Waals surface area contributed by atoms with Gasteiger partial charge >= 0.3 is 6.18 Å². The summed E-state index contributed by atoms with van der Waals surface area (Å²) in [5.41, 5.74) is -1.71. The standard InChI is InChI=1S/C16H10ClF3N4O3/c17-9-1-6-13(12(7-9)16(18,19)20)21-14-8-15(25)23(22-14)10-2-4-11(5-3-10)24(26)27/h1-8,21-22H. The third-order valence-electron chi connectivity index (χ3n) is 3.60. The molecule has 7 nitrogen and oxygen atoms in total. The van der Waals surface area contributed by atoms with Gasteiger partial charge in [0.15, 0.2) is 0 Å². The molecule has 0 saturated heterocycles. The fourth-order valence-corrected chi connectivity index (χ4v) is 2.55. The number of nitro groups is 1. The zero-order valence-corrected chi connectivity index (χ0v) is 14.0. The number of nitrogens with one attached hydrogen (secondary N) is 2. The van der Waals surface area contributed by atoms with E-state index in [9.17, 15) is 28.1 Å². The predicted octanol–water partition coefficient (Wildman–Crippen LogP) is 4.49. The Bertz CT molecular complexity index is 1060. The Morgan fingerprint density at radius 1 is 1.11 bits per heavy atom. The molecule has 0 saturated carbocycles. The molecule has 1 aromatic heterocycles. The van der Waals surface area contributed by atoms with Crippen molar-refractivity contribution in [1.82, 2.24) is 9.78 Å². The minimum atomic E-state index is -4.64. The van der Waals surface area contributed by atoms with Crippen molar-refractivity contribution in [3.05, 3.63) is 79.6 Å². The smallest absolute Gasteiger partial charge is 0.340 e. The van der Waals surface area contributed by atoms with Gasteiger partial charge in [-0.1, -0.05) is 11.6 Å². The van der Waals surface area contributed by atoms with E-state index in [1.807, 2.05) is 0 Å². The van der Waals surface area contributed by atoms with Crippen molar-refractivity contribution in [1.29, 1.82) is 0 Å². The quantitative estimate of drug-likeness (QED) is 0.500. The first-order valence-electron chi connectivity index (χ1n) is 7.36. The number of non-ortho nitro benzene ring substituents is 1. The van der Waals surface area contributed by atoms with E-state index in [4.69, 9.17) is 11.6 Å². The number of rotatable bonds is 4. The van der Waals surface area contributed by atoms with Crippen LogP contribution in [0.5, 0.6) is 0 Å². The van der Waals surface area contributed by atoms with Crippen LogP contribution >= 0.6 is 11.6 Å². The van der Waals surface area contributed by atoms with Gasteiger partial charge in [0.25, 0.3) is 11.2 Å². The molecule has 0 amide bonds. The Labute approximate surface area is 154 Å². The SMILES string of the molecule is O=c1cc(Nc2ccc(Cl)cc2C(F)(F)F)[nH]n1-c1ccc([N+](=O)[O-])cc1. The number of alkyl halides is 3. The number of hydrogen-bond acceptors (Lipinski definition) is 4. The number of hydrogen-bond donors (Lipinski definition) is 2. The zero-order chi connectivity index (χ0) is 19.8. The van der Waals surface area contributed by atoms with Gasteiger partial charge in [0.2, 0.25) is 0 Å². The summed E-state index contributed by atoms with van der Waals surface area (Å²) < 4.78 is 40.5. The lowest BCUT2D eigenvalue weighted by molar-refractivity contribution is -0.384. The van der Waals surface area contributed by atoms with Gasteiger partial charge in [-0.05, 0) is 30.3 Å². The van der Waals surface area contributed by atoms with Crippen LogP contribution in [0.25, 0.3) is 5.69 Å². The molecule has 0 radical (unpaired) electrons. The number of nitro benzene ring substituents is 1. The lowest BCUT2D eigenvalue weighted by Crippen LogP contribution is -2.13. The molecule has 0 spiro atoms. The van der Waals surface area contributed by atoms with Crippen molar-refractivity contribution in [3.8, 4) is 5.69 Å². The number of nitrogens with zero attached hydrogens (tertiary/aromatic N) is 2. The summed E-state index contributed by atoms with van der Waals surface area (Å²) in [4.78, 5) is 22.2. The molecule has 11 heteroatoms. The summed E-state index contributed by atoms with van der Waals surface area (Å²) in [7, 11) is 0. The van der Waals surface area contributed by atoms with Gasteiger partial charge in [-0.3, -0.25) is 20.0 Å². The minimum absolute atomic E-state index is 0.00572. The number of benzene rings is 2. The van der Waals surface area contributed by atoms with Crippen LogP contribution < -0.4 is 10.9 Å². The average molecular weight is 399 g/mol. The highest BCUT2D eigenvalue weighted by molar-refractivity contribution is 6.30. The molecule has 27 heavy (non-hydrogen) atoms. The highest BCUT2D eigenvalue weighted by atomic mass is 35.5. The molecule has 0 aliphatic rings. The number of halogens is 4. The Kier molecular flexibility index (Phi) is 4.66. The van der Waals surface area contributed by atoms with Gasteiger partial charge in [0.1, 0.15) is 5.82 Å². The van der Waals surface area contributed by atoms with E-state index in [1.54, 1.807) is 0 Å². The first-order chi connectivity index (χ1) is 12.6. The third-order valence-corrected chi connectivity index (χ3v) is 3.83. The second-order valence-corrected chi connectivity index (χ2v) is 5.87. The van der Waals surface area contributed by atoms with E-state index in [2.05, 4.69) is 10.4 Å². The molecular formula is C16H10ClF3N4O3. The largest absolute Gasteiger partial charge is 0.418 e. The predicted molar refractivity (Wildman–Crippen MR) is 92.8 cm³/mol. The molecule has 3 rings (SSSR count). The van der Waals surface area contributed by atoms with E-state index in [-0.39, 0.29) is 27.9 Å². The van der Waals surface area contributed by atoms with Crippen LogP contribution in [0, 0.1) is 10.1 Å². The molecule has 0 fully saturated rings. The number of aromatic nitrogens is 2. The van der Waals surface area contributed by atoms with Crippen molar-refractivity contribution < 1.29 is 18.1 Å². The maximum atomic E-state index is 13.2. The Morgan fingerprint density at radius 2 is 1.78 bits per heavy atom. The Balaban J connectivity index is 1.94. The summed E-state index contributed by atoms with van der Waals surface area (Å²) >= 11 is 5.63. The molecule has 3 aromatic rings. The molecule has 0 aliphatic carbocycles. The molecule has 0 bridgehead atoms. The first kappa shape index (κ1) is 18.5. The molecule has 1 heterocycles. The van der Waals surface area contributed by atoms with Crippen LogP contribution in [0.3, 0.4) is 0 Å². The summed E-state index contributed by atoms with van der Waals surface area (Å²) in [6, 6.07) is 9.35.